The van der Waals surface area contributed by atoms with Crippen molar-refractivity contribution in [3.8, 4) is 6.07 Å². The van der Waals surface area contributed by atoms with Crippen LogP contribution in [0.2, 0.25) is 0 Å². The van der Waals surface area contributed by atoms with E-state index in [0.717, 1.165) is 15.7 Å². The lowest BCUT2D eigenvalue weighted by molar-refractivity contribution is -0.118. The van der Waals surface area contributed by atoms with Crippen LogP contribution in [0.5, 0.6) is 0 Å². The fourth-order valence-electron chi connectivity index (χ4n) is 4.03. The summed E-state index contributed by atoms with van der Waals surface area (Å²) in [6.07, 6.45) is 1.06. The van der Waals surface area contributed by atoms with Gasteiger partial charge in [0.2, 0.25) is 5.13 Å². The number of nitriles is 1. The number of nitrogens with one attached hydrogen (secondary N) is 1. The second-order valence-corrected chi connectivity index (χ2v) is 10.5. The van der Waals surface area contributed by atoms with Gasteiger partial charge in [-0.2, -0.15) is 5.26 Å². The van der Waals surface area contributed by atoms with E-state index in [0.29, 0.717) is 38.9 Å². The Kier molecular flexibility index (Phi) is 4.97. The number of ketones is 1. The quantitative estimate of drug-likeness (QED) is 0.584. The molecule has 1 aliphatic heterocycles. The molecule has 0 fully saturated rings. The third-order valence-corrected chi connectivity index (χ3v) is 6.81. The number of nitrogens with zero attached hydrogens (tertiary/aromatic N) is 3. The molecule has 2 heterocycles. The number of aromatic amines is 1. The molecular formula is C20H18BrN5OS2. The van der Waals surface area contributed by atoms with Crippen molar-refractivity contribution in [1.82, 2.24) is 10.2 Å². The van der Waals surface area contributed by atoms with Gasteiger partial charge < -0.3 is 5.73 Å². The summed E-state index contributed by atoms with van der Waals surface area (Å²) < 4.78 is 1.43. The molecule has 2 aromatic rings. The van der Waals surface area contributed by atoms with Crippen molar-refractivity contribution < 1.29 is 4.79 Å². The number of aromatic nitrogens is 2. The van der Waals surface area contributed by atoms with E-state index in [9.17, 15) is 10.1 Å². The van der Waals surface area contributed by atoms with Crippen molar-refractivity contribution in [2.24, 2.45) is 11.1 Å². The average Bonchev–Trinajstić information content (AvgIpc) is 3.06. The SMILES string of the molecule is CC1(C)CC(=O)C2=C(C1)N(c1n[nH]c(=S)s1)C(N)=C(C#N)C2c1ccc(Br)cc1. The van der Waals surface area contributed by atoms with E-state index in [1.807, 2.05) is 24.3 Å². The molecule has 1 atom stereocenters. The predicted octanol–water partition coefficient (Wildman–Crippen LogP) is 4.90. The van der Waals surface area contributed by atoms with Crippen LogP contribution in [0.25, 0.3) is 0 Å². The molecule has 29 heavy (non-hydrogen) atoms. The summed E-state index contributed by atoms with van der Waals surface area (Å²) in [6, 6.07) is 9.91. The fraction of sp³-hybridized carbons (Fsp3) is 0.300. The van der Waals surface area contributed by atoms with Gasteiger partial charge in [0, 0.05) is 22.2 Å². The largest absolute Gasteiger partial charge is 0.384 e. The number of hydrogen-bond donors (Lipinski definition) is 2. The highest BCUT2D eigenvalue weighted by Crippen LogP contribution is 2.50. The highest BCUT2D eigenvalue weighted by atomic mass is 79.9. The van der Waals surface area contributed by atoms with Crippen LogP contribution >= 0.6 is 39.5 Å². The molecule has 0 saturated heterocycles. The van der Waals surface area contributed by atoms with Crippen molar-refractivity contribution in [2.75, 3.05) is 4.90 Å². The Labute approximate surface area is 185 Å². The molecule has 6 nitrogen and oxygen atoms in total. The van der Waals surface area contributed by atoms with E-state index in [1.165, 1.54) is 11.3 Å². The molecule has 2 aliphatic rings. The van der Waals surface area contributed by atoms with Gasteiger partial charge in [0.25, 0.3) is 0 Å². The number of hydrogen-bond acceptors (Lipinski definition) is 7. The topological polar surface area (TPSA) is 98.8 Å². The van der Waals surface area contributed by atoms with E-state index in [2.05, 4.69) is 46.0 Å². The van der Waals surface area contributed by atoms with Crippen LogP contribution in [0.3, 0.4) is 0 Å². The minimum absolute atomic E-state index is 0.0357. The molecular weight excluding hydrogens is 470 g/mol. The molecule has 4 rings (SSSR count). The van der Waals surface area contributed by atoms with Gasteiger partial charge in [-0.1, -0.05) is 53.2 Å². The van der Waals surface area contributed by atoms with Gasteiger partial charge in [-0.15, -0.1) is 5.10 Å². The Hall–Kier alpha value is -2.28. The highest BCUT2D eigenvalue weighted by molar-refractivity contribution is 9.10. The number of anilines is 1. The number of allylic oxidation sites excluding steroid dienone is 3. The summed E-state index contributed by atoms with van der Waals surface area (Å²) in [5, 5.41) is 17.6. The molecule has 3 N–H and O–H groups in total. The monoisotopic (exact) mass is 487 g/mol. The van der Waals surface area contributed by atoms with Gasteiger partial charge in [0.15, 0.2) is 9.74 Å². The smallest absolute Gasteiger partial charge is 0.216 e. The van der Waals surface area contributed by atoms with Crippen LogP contribution in [0, 0.1) is 20.7 Å². The number of benzene rings is 1. The standard InChI is InChI=1S/C20H18BrN5OS2/c1-20(2)7-13-16(14(27)8-20)15(10-3-5-11(21)6-4-10)12(9-22)17(23)26(13)18-24-25-19(28)29-18/h3-6,15H,7-8,23H2,1-2H3,(H,25,28). The van der Waals surface area contributed by atoms with Gasteiger partial charge in [-0.3, -0.25) is 14.8 Å². The molecule has 0 amide bonds. The van der Waals surface area contributed by atoms with Crippen LogP contribution in [0.15, 0.2) is 51.4 Å². The normalized spacial score (nSPS) is 21.2. The third-order valence-electron chi connectivity index (χ3n) is 5.20. The van der Waals surface area contributed by atoms with Gasteiger partial charge in [-0.05, 0) is 41.7 Å². The molecule has 1 aromatic heterocycles. The first-order chi connectivity index (χ1) is 13.7. The first kappa shape index (κ1) is 20.0. The van der Waals surface area contributed by atoms with Gasteiger partial charge in [0.1, 0.15) is 5.82 Å². The molecule has 9 heteroatoms. The van der Waals surface area contributed by atoms with Gasteiger partial charge in [-0.25, -0.2) is 0 Å². The van der Waals surface area contributed by atoms with Crippen LogP contribution in [-0.4, -0.2) is 16.0 Å². The van der Waals surface area contributed by atoms with Crippen molar-refractivity contribution >= 4 is 50.4 Å². The lowest BCUT2D eigenvalue weighted by Crippen LogP contribution is -2.42. The maximum Gasteiger partial charge on any atom is 0.216 e. The number of nitrogens with two attached hydrogens (primary N) is 1. The highest BCUT2D eigenvalue weighted by Gasteiger charge is 2.45. The predicted molar refractivity (Wildman–Crippen MR) is 119 cm³/mol. The second-order valence-electron chi connectivity index (χ2n) is 7.93. The Balaban J connectivity index is 2.00. The number of halogens is 1. The van der Waals surface area contributed by atoms with Crippen molar-refractivity contribution in [3.05, 3.63) is 60.9 Å². The number of carbonyl (C=O) groups is 1. The molecule has 1 aliphatic carbocycles. The molecule has 0 spiro atoms. The van der Waals surface area contributed by atoms with Crippen molar-refractivity contribution in [2.45, 2.75) is 32.6 Å². The summed E-state index contributed by atoms with van der Waals surface area (Å²) in [7, 11) is 0. The lowest BCUT2D eigenvalue weighted by atomic mass is 9.69. The zero-order valence-corrected chi connectivity index (χ0v) is 19.0. The van der Waals surface area contributed by atoms with Crippen LogP contribution in [0.1, 0.15) is 38.2 Å². The van der Waals surface area contributed by atoms with E-state index in [-0.39, 0.29) is 11.2 Å². The average molecular weight is 488 g/mol. The zero-order chi connectivity index (χ0) is 20.9. The third kappa shape index (κ3) is 3.45. The minimum Gasteiger partial charge on any atom is -0.384 e. The summed E-state index contributed by atoms with van der Waals surface area (Å²) >= 11 is 9.90. The van der Waals surface area contributed by atoms with E-state index >= 15 is 0 Å². The Bertz CT molecular complexity index is 1170. The van der Waals surface area contributed by atoms with Crippen LogP contribution in [0.4, 0.5) is 5.13 Å². The first-order valence-corrected chi connectivity index (χ1v) is 11.0. The molecule has 1 unspecified atom stereocenters. The minimum atomic E-state index is -0.491. The fourth-order valence-corrected chi connectivity index (χ4v) is 5.22. The van der Waals surface area contributed by atoms with E-state index in [1.54, 1.807) is 4.90 Å². The summed E-state index contributed by atoms with van der Waals surface area (Å²) in [4.78, 5) is 15.1. The first-order valence-electron chi connectivity index (χ1n) is 8.99. The Morgan fingerprint density at radius 3 is 2.66 bits per heavy atom. The number of rotatable bonds is 2. The number of carbonyl (C=O) groups excluding carboxylic acids is 1. The van der Waals surface area contributed by atoms with Crippen LogP contribution in [-0.2, 0) is 4.79 Å². The Morgan fingerprint density at radius 1 is 1.38 bits per heavy atom. The number of H-pyrrole nitrogens is 1. The maximum atomic E-state index is 13.3. The van der Waals surface area contributed by atoms with Crippen molar-refractivity contribution in [3.63, 3.8) is 0 Å². The summed E-state index contributed by atoms with van der Waals surface area (Å²) in [6.45, 7) is 4.13. The molecule has 0 bridgehead atoms. The summed E-state index contributed by atoms with van der Waals surface area (Å²) in [5.74, 6) is -0.161. The number of Topliss-reactive ketones (excluding diaryl/α,β-unsaturated/α-hetero) is 1. The zero-order valence-electron chi connectivity index (χ0n) is 15.8. The summed E-state index contributed by atoms with van der Waals surface area (Å²) in [5.41, 5.74) is 8.93. The maximum absolute atomic E-state index is 13.3. The van der Waals surface area contributed by atoms with Crippen molar-refractivity contribution in [1.29, 1.82) is 5.26 Å². The van der Waals surface area contributed by atoms with Gasteiger partial charge in [0.05, 0.1) is 17.6 Å². The molecule has 148 valence electrons. The lowest BCUT2D eigenvalue weighted by Gasteiger charge is -2.42. The van der Waals surface area contributed by atoms with Crippen LogP contribution < -0.4 is 10.6 Å². The van der Waals surface area contributed by atoms with Gasteiger partial charge >= 0.3 is 0 Å². The molecule has 0 saturated carbocycles. The second kappa shape index (κ2) is 7.20. The van der Waals surface area contributed by atoms with E-state index in [4.69, 9.17) is 18.0 Å². The molecule has 0 radical (unpaired) electrons. The molecule has 1 aromatic carbocycles. The van der Waals surface area contributed by atoms with E-state index < -0.39 is 5.92 Å². The Morgan fingerprint density at radius 2 is 2.07 bits per heavy atom.